The molecule has 3 unspecified atom stereocenters. The van der Waals surface area contributed by atoms with Gasteiger partial charge in [0.15, 0.2) is 0 Å². The quantitative estimate of drug-likeness (QED) is 0.824. The highest BCUT2D eigenvalue weighted by atomic mass is 16.5. The van der Waals surface area contributed by atoms with E-state index in [0.717, 1.165) is 39.1 Å². The van der Waals surface area contributed by atoms with E-state index in [1.54, 1.807) is 0 Å². The van der Waals surface area contributed by atoms with Crippen molar-refractivity contribution in [1.29, 1.82) is 0 Å². The number of nitrogens with zero attached hydrogens (tertiary/aromatic N) is 1. The fourth-order valence-corrected chi connectivity index (χ4v) is 3.16. The lowest BCUT2D eigenvalue weighted by atomic mass is 9.85. The van der Waals surface area contributed by atoms with Gasteiger partial charge >= 0.3 is 0 Å². The maximum absolute atomic E-state index is 12.2. The summed E-state index contributed by atoms with van der Waals surface area (Å²) in [7, 11) is 1.91. The summed E-state index contributed by atoms with van der Waals surface area (Å²) < 4.78 is 5.59. The van der Waals surface area contributed by atoms with Crippen LogP contribution in [0.5, 0.6) is 0 Å². The molecule has 0 aromatic carbocycles. The van der Waals surface area contributed by atoms with Crippen molar-refractivity contribution in [3.05, 3.63) is 0 Å². The van der Waals surface area contributed by atoms with Gasteiger partial charge in [-0.3, -0.25) is 4.79 Å². The van der Waals surface area contributed by atoms with E-state index in [1.807, 2.05) is 11.9 Å². The third-order valence-electron chi connectivity index (χ3n) is 4.56. The van der Waals surface area contributed by atoms with Crippen molar-refractivity contribution in [3.8, 4) is 0 Å². The number of nitrogens with one attached hydrogen (secondary N) is 1. The highest BCUT2D eigenvalue weighted by Crippen LogP contribution is 2.23. The Bertz CT molecular complexity index is 284. The van der Waals surface area contributed by atoms with Crippen molar-refractivity contribution < 1.29 is 9.53 Å². The molecule has 1 N–H and O–H groups in total. The molecule has 0 spiro atoms. The van der Waals surface area contributed by atoms with Gasteiger partial charge in [-0.1, -0.05) is 6.92 Å². The number of hydrogen-bond acceptors (Lipinski definition) is 3. The van der Waals surface area contributed by atoms with E-state index in [4.69, 9.17) is 4.74 Å². The van der Waals surface area contributed by atoms with Crippen molar-refractivity contribution in [2.75, 3.05) is 33.3 Å². The van der Waals surface area contributed by atoms with Crippen LogP contribution in [-0.2, 0) is 9.53 Å². The second-order valence-electron chi connectivity index (χ2n) is 6.20. The Morgan fingerprint density at radius 2 is 2.26 bits per heavy atom. The Morgan fingerprint density at radius 1 is 1.42 bits per heavy atom. The van der Waals surface area contributed by atoms with Gasteiger partial charge in [-0.05, 0) is 50.6 Å². The highest BCUT2D eigenvalue weighted by molar-refractivity contribution is 5.76. The molecule has 110 valence electrons. The van der Waals surface area contributed by atoms with Gasteiger partial charge in [0, 0.05) is 26.6 Å². The summed E-state index contributed by atoms with van der Waals surface area (Å²) in [6.45, 7) is 6.04. The first-order valence-corrected chi connectivity index (χ1v) is 7.73. The predicted molar refractivity (Wildman–Crippen MR) is 76.0 cm³/mol. The average molecular weight is 268 g/mol. The minimum absolute atomic E-state index is 0.264. The largest absolute Gasteiger partial charge is 0.376 e. The SMILES string of the molecule is CC(CC(=O)N(C)CC1CCCO1)C1CCCNC1. The Hall–Kier alpha value is -0.610. The molecule has 19 heavy (non-hydrogen) atoms. The molecule has 2 rings (SSSR count). The Labute approximate surface area is 116 Å². The zero-order valence-electron chi connectivity index (χ0n) is 12.4. The van der Waals surface area contributed by atoms with E-state index < -0.39 is 0 Å². The minimum atomic E-state index is 0.264. The lowest BCUT2D eigenvalue weighted by Gasteiger charge is -2.29. The fraction of sp³-hybridized carbons (Fsp3) is 0.933. The van der Waals surface area contributed by atoms with Gasteiger partial charge in [0.25, 0.3) is 0 Å². The molecule has 1 amide bonds. The van der Waals surface area contributed by atoms with E-state index >= 15 is 0 Å². The van der Waals surface area contributed by atoms with Gasteiger partial charge in [-0.2, -0.15) is 0 Å². The number of ether oxygens (including phenoxy) is 1. The molecule has 0 aromatic rings. The summed E-state index contributed by atoms with van der Waals surface area (Å²) >= 11 is 0. The number of piperidine rings is 1. The number of hydrogen-bond donors (Lipinski definition) is 1. The van der Waals surface area contributed by atoms with Crippen LogP contribution in [-0.4, -0.2) is 50.2 Å². The summed E-state index contributed by atoms with van der Waals surface area (Å²) in [5, 5.41) is 3.43. The predicted octanol–water partition coefficient (Wildman–Crippen LogP) is 1.65. The van der Waals surface area contributed by atoms with Crippen LogP contribution < -0.4 is 5.32 Å². The third kappa shape index (κ3) is 4.46. The fourth-order valence-electron chi connectivity index (χ4n) is 3.16. The molecule has 2 aliphatic rings. The van der Waals surface area contributed by atoms with Gasteiger partial charge in [0.1, 0.15) is 0 Å². The molecule has 4 nitrogen and oxygen atoms in total. The molecule has 0 bridgehead atoms. The smallest absolute Gasteiger partial charge is 0.222 e. The van der Waals surface area contributed by atoms with Gasteiger partial charge in [-0.25, -0.2) is 0 Å². The maximum atomic E-state index is 12.2. The normalized spacial score (nSPS) is 29.2. The Balaban J connectivity index is 1.72. The first-order valence-electron chi connectivity index (χ1n) is 7.73. The Kier molecular flexibility index (Phi) is 5.64. The lowest BCUT2D eigenvalue weighted by Crippen LogP contribution is -2.38. The zero-order chi connectivity index (χ0) is 13.7. The number of amides is 1. The molecule has 0 aromatic heterocycles. The molecule has 0 radical (unpaired) electrons. The van der Waals surface area contributed by atoms with E-state index in [0.29, 0.717) is 18.3 Å². The number of carbonyl (C=O) groups is 1. The van der Waals surface area contributed by atoms with Crippen LogP contribution in [0.2, 0.25) is 0 Å². The standard InChI is InChI=1S/C15H28N2O2/c1-12(13-5-3-7-16-10-13)9-15(18)17(2)11-14-6-4-8-19-14/h12-14,16H,3-11H2,1-2H3. The molecule has 4 heteroatoms. The van der Waals surface area contributed by atoms with Crippen LogP contribution in [0.1, 0.15) is 39.0 Å². The van der Waals surface area contributed by atoms with Crippen molar-refractivity contribution in [3.63, 3.8) is 0 Å². The molecular weight excluding hydrogens is 240 g/mol. The topological polar surface area (TPSA) is 41.6 Å². The van der Waals surface area contributed by atoms with Crippen LogP contribution in [0.3, 0.4) is 0 Å². The second-order valence-corrected chi connectivity index (χ2v) is 6.20. The van der Waals surface area contributed by atoms with Crippen molar-refractivity contribution >= 4 is 5.91 Å². The lowest BCUT2D eigenvalue weighted by molar-refractivity contribution is -0.132. The summed E-state index contributed by atoms with van der Waals surface area (Å²) in [5.74, 6) is 1.41. The summed E-state index contributed by atoms with van der Waals surface area (Å²) in [4.78, 5) is 14.1. The molecular formula is C15H28N2O2. The molecule has 2 saturated heterocycles. The third-order valence-corrected chi connectivity index (χ3v) is 4.56. The Morgan fingerprint density at radius 3 is 2.89 bits per heavy atom. The van der Waals surface area contributed by atoms with Crippen molar-refractivity contribution in [2.45, 2.75) is 45.1 Å². The van der Waals surface area contributed by atoms with Crippen LogP contribution in [0.4, 0.5) is 0 Å². The van der Waals surface area contributed by atoms with Gasteiger partial charge < -0.3 is 15.0 Å². The monoisotopic (exact) mass is 268 g/mol. The van der Waals surface area contributed by atoms with Crippen LogP contribution in [0, 0.1) is 11.8 Å². The molecule has 2 fully saturated rings. The maximum Gasteiger partial charge on any atom is 0.222 e. The highest BCUT2D eigenvalue weighted by Gasteiger charge is 2.25. The van der Waals surface area contributed by atoms with E-state index in [1.165, 1.54) is 12.8 Å². The minimum Gasteiger partial charge on any atom is -0.376 e. The van der Waals surface area contributed by atoms with Crippen LogP contribution in [0.25, 0.3) is 0 Å². The van der Waals surface area contributed by atoms with Crippen LogP contribution in [0.15, 0.2) is 0 Å². The summed E-state index contributed by atoms with van der Waals surface area (Å²) in [6, 6.07) is 0. The van der Waals surface area contributed by atoms with Crippen molar-refractivity contribution in [1.82, 2.24) is 10.2 Å². The summed E-state index contributed by atoms with van der Waals surface area (Å²) in [6.07, 6.45) is 5.68. The van der Waals surface area contributed by atoms with Crippen LogP contribution >= 0.6 is 0 Å². The van der Waals surface area contributed by atoms with E-state index in [-0.39, 0.29) is 12.0 Å². The average Bonchev–Trinajstić information content (AvgIpc) is 2.92. The first-order chi connectivity index (χ1) is 9.16. The second kappa shape index (κ2) is 7.25. The molecule has 2 aliphatic heterocycles. The molecule has 0 saturated carbocycles. The summed E-state index contributed by atoms with van der Waals surface area (Å²) in [5.41, 5.74) is 0. The van der Waals surface area contributed by atoms with Gasteiger partial charge in [-0.15, -0.1) is 0 Å². The molecule has 0 aliphatic carbocycles. The van der Waals surface area contributed by atoms with E-state index in [2.05, 4.69) is 12.2 Å². The number of likely N-dealkylation sites (N-methyl/N-ethyl adjacent to an activating group) is 1. The van der Waals surface area contributed by atoms with Gasteiger partial charge in [0.2, 0.25) is 5.91 Å². The van der Waals surface area contributed by atoms with E-state index in [9.17, 15) is 4.79 Å². The zero-order valence-corrected chi connectivity index (χ0v) is 12.4. The molecule has 2 heterocycles. The molecule has 3 atom stereocenters. The number of carbonyl (C=O) groups excluding carboxylic acids is 1. The number of rotatable bonds is 5. The first kappa shape index (κ1) is 14.8. The van der Waals surface area contributed by atoms with Crippen molar-refractivity contribution in [2.24, 2.45) is 11.8 Å². The van der Waals surface area contributed by atoms with Gasteiger partial charge in [0.05, 0.1) is 6.10 Å².